The predicted octanol–water partition coefficient (Wildman–Crippen LogP) is 2.00. The van der Waals surface area contributed by atoms with Crippen LogP contribution in [0.4, 0.5) is 0 Å². The number of sulfone groups is 1. The van der Waals surface area contributed by atoms with E-state index in [4.69, 9.17) is 5.73 Å². The highest BCUT2D eigenvalue weighted by atomic mass is 32.2. The molecule has 19 heavy (non-hydrogen) atoms. The molecular weight excluding hydrogens is 258 g/mol. The summed E-state index contributed by atoms with van der Waals surface area (Å²) in [5.41, 5.74) is 9.95. The first kappa shape index (κ1) is 14.5. The summed E-state index contributed by atoms with van der Waals surface area (Å²) < 4.78 is 22.9. The van der Waals surface area contributed by atoms with Crippen LogP contribution in [0.3, 0.4) is 0 Å². The van der Waals surface area contributed by atoms with Gasteiger partial charge in [-0.15, -0.1) is 0 Å². The Morgan fingerprint density at radius 2 is 1.89 bits per heavy atom. The SMILES string of the molecule is Cc1cc(C)cc(CC(N)CC2CCS(=O)(=O)C2)c1. The lowest BCUT2D eigenvalue weighted by Crippen LogP contribution is -2.26. The van der Waals surface area contributed by atoms with E-state index >= 15 is 0 Å². The van der Waals surface area contributed by atoms with Gasteiger partial charge in [0.15, 0.2) is 9.84 Å². The maximum Gasteiger partial charge on any atom is 0.150 e. The Morgan fingerprint density at radius 3 is 2.42 bits per heavy atom. The van der Waals surface area contributed by atoms with Gasteiger partial charge in [-0.1, -0.05) is 29.3 Å². The van der Waals surface area contributed by atoms with Crippen LogP contribution in [-0.4, -0.2) is 26.0 Å². The first-order valence-electron chi connectivity index (χ1n) is 6.87. The van der Waals surface area contributed by atoms with Crippen LogP contribution in [0.15, 0.2) is 18.2 Å². The molecule has 2 N–H and O–H groups in total. The number of hydrogen-bond donors (Lipinski definition) is 1. The molecule has 1 saturated heterocycles. The second-order valence-electron chi connectivity index (χ2n) is 5.96. The number of nitrogens with two attached hydrogens (primary N) is 1. The number of benzene rings is 1. The Bertz CT molecular complexity index is 531. The van der Waals surface area contributed by atoms with E-state index in [0.717, 1.165) is 19.3 Å². The third-order valence-corrected chi connectivity index (χ3v) is 5.58. The van der Waals surface area contributed by atoms with E-state index in [1.807, 2.05) is 0 Å². The van der Waals surface area contributed by atoms with Crippen LogP contribution in [-0.2, 0) is 16.3 Å². The summed E-state index contributed by atoms with van der Waals surface area (Å²) >= 11 is 0. The molecule has 3 nitrogen and oxygen atoms in total. The van der Waals surface area contributed by atoms with E-state index < -0.39 is 9.84 Å². The fourth-order valence-corrected chi connectivity index (χ4v) is 4.94. The molecule has 0 aromatic heterocycles. The van der Waals surface area contributed by atoms with Crippen molar-refractivity contribution < 1.29 is 8.42 Å². The van der Waals surface area contributed by atoms with E-state index in [1.54, 1.807) is 0 Å². The topological polar surface area (TPSA) is 60.2 Å². The number of aryl methyl sites for hydroxylation is 2. The van der Waals surface area contributed by atoms with Gasteiger partial charge in [0.1, 0.15) is 0 Å². The molecule has 0 bridgehead atoms. The van der Waals surface area contributed by atoms with Crippen LogP contribution in [0.2, 0.25) is 0 Å². The maximum atomic E-state index is 11.4. The van der Waals surface area contributed by atoms with Crippen molar-refractivity contribution >= 4 is 9.84 Å². The molecule has 0 amide bonds. The van der Waals surface area contributed by atoms with E-state index in [0.29, 0.717) is 11.5 Å². The molecule has 0 radical (unpaired) electrons. The van der Waals surface area contributed by atoms with Gasteiger partial charge in [0.25, 0.3) is 0 Å². The number of rotatable bonds is 4. The van der Waals surface area contributed by atoms with Crippen molar-refractivity contribution in [2.45, 2.75) is 39.2 Å². The first-order chi connectivity index (χ1) is 8.84. The Balaban J connectivity index is 1.92. The monoisotopic (exact) mass is 281 g/mol. The Hall–Kier alpha value is -0.870. The second-order valence-corrected chi connectivity index (χ2v) is 8.19. The Kier molecular flexibility index (Phi) is 4.31. The fourth-order valence-electron chi connectivity index (χ4n) is 3.06. The second kappa shape index (κ2) is 5.63. The lowest BCUT2D eigenvalue weighted by molar-refractivity contribution is 0.468. The minimum atomic E-state index is -2.78. The van der Waals surface area contributed by atoms with Gasteiger partial charge >= 0.3 is 0 Å². The quantitative estimate of drug-likeness (QED) is 0.918. The molecule has 1 aromatic carbocycles. The predicted molar refractivity (Wildman–Crippen MR) is 79.0 cm³/mol. The van der Waals surface area contributed by atoms with Crippen LogP contribution in [0.25, 0.3) is 0 Å². The first-order valence-corrected chi connectivity index (χ1v) is 8.69. The zero-order valence-corrected chi connectivity index (χ0v) is 12.5. The van der Waals surface area contributed by atoms with Gasteiger partial charge in [-0.05, 0) is 44.6 Å². The minimum Gasteiger partial charge on any atom is -0.327 e. The van der Waals surface area contributed by atoms with Gasteiger partial charge < -0.3 is 5.73 Å². The van der Waals surface area contributed by atoms with Crippen molar-refractivity contribution in [1.82, 2.24) is 0 Å². The summed E-state index contributed by atoms with van der Waals surface area (Å²) in [6.07, 6.45) is 2.42. The van der Waals surface area contributed by atoms with Crippen molar-refractivity contribution in [2.24, 2.45) is 11.7 Å². The summed E-state index contributed by atoms with van der Waals surface area (Å²) in [5, 5.41) is 0. The van der Waals surface area contributed by atoms with Gasteiger partial charge in [0, 0.05) is 6.04 Å². The molecule has 0 saturated carbocycles. The van der Waals surface area contributed by atoms with Crippen LogP contribution in [0, 0.1) is 19.8 Å². The van der Waals surface area contributed by atoms with Crippen LogP contribution < -0.4 is 5.73 Å². The maximum absolute atomic E-state index is 11.4. The van der Waals surface area contributed by atoms with Gasteiger partial charge in [-0.3, -0.25) is 0 Å². The smallest absolute Gasteiger partial charge is 0.150 e. The average molecular weight is 281 g/mol. The summed E-state index contributed by atoms with van der Waals surface area (Å²) in [5.74, 6) is 0.924. The standard InChI is InChI=1S/C15H23NO2S/c1-11-5-12(2)7-14(6-11)9-15(16)8-13-3-4-19(17,18)10-13/h5-7,13,15H,3-4,8-10,16H2,1-2H3. The molecule has 0 spiro atoms. The van der Waals surface area contributed by atoms with Gasteiger partial charge in [-0.2, -0.15) is 0 Å². The highest BCUT2D eigenvalue weighted by Crippen LogP contribution is 2.23. The molecule has 1 aromatic rings. The van der Waals surface area contributed by atoms with Crippen molar-refractivity contribution in [1.29, 1.82) is 0 Å². The van der Waals surface area contributed by atoms with Gasteiger partial charge in [0.2, 0.25) is 0 Å². The third kappa shape index (κ3) is 4.32. The molecule has 4 heteroatoms. The molecule has 2 atom stereocenters. The van der Waals surface area contributed by atoms with Crippen molar-refractivity contribution in [2.75, 3.05) is 11.5 Å². The zero-order chi connectivity index (χ0) is 14.0. The van der Waals surface area contributed by atoms with E-state index in [2.05, 4.69) is 32.0 Å². The van der Waals surface area contributed by atoms with Crippen molar-refractivity contribution in [3.8, 4) is 0 Å². The third-order valence-electron chi connectivity index (χ3n) is 3.74. The summed E-state index contributed by atoms with van der Waals surface area (Å²) in [6, 6.07) is 6.54. The fraction of sp³-hybridized carbons (Fsp3) is 0.600. The van der Waals surface area contributed by atoms with Crippen LogP contribution in [0.1, 0.15) is 29.5 Å². The van der Waals surface area contributed by atoms with Crippen LogP contribution >= 0.6 is 0 Å². The Morgan fingerprint density at radius 1 is 1.26 bits per heavy atom. The average Bonchev–Trinajstić information content (AvgIpc) is 2.55. The highest BCUT2D eigenvalue weighted by molar-refractivity contribution is 7.91. The molecular formula is C15H23NO2S. The van der Waals surface area contributed by atoms with Crippen molar-refractivity contribution in [3.05, 3.63) is 34.9 Å². The molecule has 1 aliphatic rings. The van der Waals surface area contributed by atoms with Crippen LogP contribution in [0.5, 0.6) is 0 Å². The minimum absolute atomic E-state index is 0.0551. The zero-order valence-electron chi connectivity index (χ0n) is 11.7. The molecule has 2 rings (SSSR count). The lowest BCUT2D eigenvalue weighted by Gasteiger charge is -2.16. The molecule has 1 aliphatic heterocycles. The van der Waals surface area contributed by atoms with Gasteiger partial charge in [-0.25, -0.2) is 8.42 Å². The van der Waals surface area contributed by atoms with Gasteiger partial charge in [0.05, 0.1) is 11.5 Å². The number of hydrogen-bond acceptors (Lipinski definition) is 3. The van der Waals surface area contributed by atoms with Crippen molar-refractivity contribution in [3.63, 3.8) is 0 Å². The summed E-state index contributed by atoms with van der Waals surface area (Å²) in [6.45, 7) is 4.18. The summed E-state index contributed by atoms with van der Waals surface area (Å²) in [4.78, 5) is 0. The van der Waals surface area contributed by atoms with E-state index in [9.17, 15) is 8.42 Å². The molecule has 1 fully saturated rings. The van der Waals surface area contributed by atoms with E-state index in [-0.39, 0.29) is 12.0 Å². The summed E-state index contributed by atoms with van der Waals surface area (Å²) in [7, 11) is -2.78. The molecule has 0 aliphatic carbocycles. The lowest BCUT2D eigenvalue weighted by atomic mass is 9.94. The highest BCUT2D eigenvalue weighted by Gasteiger charge is 2.28. The molecule has 106 valence electrons. The normalized spacial score (nSPS) is 23.4. The van der Waals surface area contributed by atoms with E-state index in [1.165, 1.54) is 16.7 Å². The largest absolute Gasteiger partial charge is 0.327 e. The molecule has 1 heterocycles. The Labute approximate surface area is 116 Å². The molecule has 2 unspecified atom stereocenters.